The lowest BCUT2D eigenvalue weighted by atomic mass is 9.81. The predicted molar refractivity (Wildman–Crippen MR) is 62.6 cm³/mol. The van der Waals surface area contributed by atoms with Gasteiger partial charge in [0.2, 0.25) is 0 Å². The van der Waals surface area contributed by atoms with E-state index in [9.17, 15) is 0 Å². The van der Waals surface area contributed by atoms with Gasteiger partial charge in [0.15, 0.2) is 0 Å². The average molecular weight is 234 g/mol. The quantitative estimate of drug-likeness (QED) is 0.696. The van der Waals surface area contributed by atoms with Crippen LogP contribution in [0.1, 0.15) is 41.5 Å². The van der Waals surface area contributed by atoms with Crippen molar-refractivity contribution in [2.75, 3.05) is 6.61 Å². The van der Waals surface area contributed by atoms with Crippen molar-refractivity contribution >= 4 is 8.60 Å². The fourth-order valence-electron chi connectivity index (χ4n) is 1.82. The standard InChI is InChI=1S/C11H23O3P/c1-8(2)10-11(5,6)7-12-15(14-10)13-9(3)4/h8-10H,7H2,1-6H3/t10-,15+/m1/s1. The van der Waals surface area contributed by atoms with E-state index in [2.05, 4.69) is 27.7 Å². The van der Waals surface area contributed by atoms with Crippen LogP contribution >= 0.6 is 8.60 Å². The molecule has 1 rings (SSSR count). The average Bonchev–Trinajstić information content (AvgIpc) is 2.06. The summed E-state index contributed by atoms with van der Waals surface area (Å²) in [5, 5.41) is 0. The third-order valence-corrected chi connectivity index (χ3v) is 3.75. The molecule has 1 aliphatic heterocycles. The molecule has 0 saturated carbocycles. The lowest BCUT2D eigenvalue weighted by Gasteiger charge is -2.42. The van der Waals surface area contributed by atoms with Gasteiger partial charge in [-0.1, -0.05) is 27.7 Å². The summed E-state index contributed by atoms with van der Waals surface area (Å²) >= 11 is 0. The van der Waals surface area contributed by atoms with Gasteiger partial charge in [0.25, 0.3) is 0 Å². The summed E-state index contributed by atoms with van der Waals surface area (Å²) in [4.78, 5) is 0. The van der Waals surface area contributed by atoms with E-state index in [4.69, 9.17) is 13.6 Å². The van der Waals surface area contributed by atoms with Gasteiger partial charge in [-0.05, 0) is 19.8 Å². The lowest BCUT2D eigenvalue weighted by Crippen LogP contribution is -2.42. The molecule has 0 unspecified atom stereocenters. The Labute approximate surface area is 94.5 Å². The summed E-state index contributed by atoms with van der Waals surface area (Å²) in [6, 6.07) is 0. The molecule has 1 fully saturated rings. The van der Waals surface area contributed by atoms with Crippen LogP contribution in [-0.4, -0.2) is 18.8 Å². The Balaban J connectivity index is 2.58. The van der Waals surface area contributed by atoms with Gasteiger partial charge in [0.05, 0.1) is 18.8 Å². The topological polar surface area (TPSA) is 27.7 Å². The molecule has 0 aliphatic carbocycles. The number of rotatable bonds is 3. The summed E-state index contributed by atoms with van der Waals surface area (Å²) in [5.74, 6) is 0.490. The Morgan fingerprint density at radius 2 is 1.87 bits per heavy atom. The number of hydrogen-bond acceptors (Lipinski definition) is 3. The molecular formula is C11H23O3P. The minimum Gasteiger partial charge on any atom is -0.312 e. The van der Waals surface area contributed by atoms with Crippen LogP contribution < -0.4 is 0 Å². The maximum atomic E-state index is 5.89. The highest BCUT2D eigenvalue weighted by atomic mass is 31.2. The Morgan fingerprint density at radius 3 is 2.33 bits per heavy atom. The second-order valence-corrected chi connectivity index (χ2v) is 6.54. The zero-order valence-corrected chi connectivity index (χ0v) is 11.5. The van der Waals surface area contributed by atoms with Crippen LogP contribution in [0.4, 0.5) is 0 Å². The third-order valence-electron chi connectivity index (χ3n) is 2.41. The van der Waals surface area contributed by atoms with Crippen molar-refractivity contribution in [1.82, 2.24) is 0 Å². The summed E-state index contributed by atoms with van der Waals surface area (Å²) in [7, 11) is -1.14. The third kappa shape index (κ3) is 3.67. The molecule has 0 aromatic carbocycles. The first-order valence-electron chi connectivity index (χ1n) is 5.59. The molecule has 0 radical (unpaired) electrons. The SMILES string of the molecule is CC(C)O[P@]1OCC(C)(C)[C@@H](C(C)C)O1. The van der Waals surface area contributed by atoms with Gasteiger partial charge in [-0.3, -0.25) is 0 Å². The molecule has 0 bridgehead atoms. The fraction of sp³-hybridized carbons (Fsp3) is 1.00. The minimum absolute atomic E-state index is 0.0767. The van der Waals surface area contributed by atoms with E-state index in [-0.39, 0.29) is 17.6 Å². The molecule has 3 nitrogen and oxygen atoms in total. The fourth-order valence-corrected chi connectivity index (χ4v) is 3.49. The second-order valence-electron chi connectivity index (χ2n) is 5.41. The first kappa shape index (κ1) is 13.4. The van der Waals surface area contributed by atoms with E-state index in [1.807, 2.05) is 13.8 Å². The van der Waals surface area contributed by atoms with Gasteiger partial charge in [0.1, 0.15) is 0 Å². The van der Waals surface area contributed by atoms with E-state index in [0.29, 0.717) is 12.5 Å². The van der Waals surface area contributed by atoms with E-state index in [0.717, 1.165) is 0 Å². The van der Waals surface area contributed by atoms with Gasteiger partial charge < -0.3 is 13.6 Å². The summed E-state index contributed by atoms with van der Waals surface area (Å²) in [5.41, 5.74) is 0.0767. The van der Waals surface area contributed by atoms with Gasteiger partial charge in [0, 0.05) is 5.41 Å². The summed E-state index contributed by atoms with van der Waals surface area (Å²) in [6.45, 7) is 13.4. The largest absolute Gasteiger partial charge is 0.333 e. The van der Waals surface area contributed by atoms with Gasteiger partial charge >= 0.3 is 8.60 Å². The molecule has 15 heavy (non-hydrogen) atoms. The zero-order chi connectivity index (χ0) is 11.6. The Morgan fingerprint density at radius 1 is 1.27 bits per heavy atom. The first-order valence-corrected chi connectivity index (χ1v) is 6.69. The van der Waals surface area contributed by atoms with Crippen molar-refractivity contribution in [3.63, 3.8) is 0 Å². The highest BCUT2D eigenvalue weighted by molar-refractivity contribution is 7.41. The molecule has 0 amide bonds. The number of hydrogen-bond donors (Lipinski definition) is 0. The normalized spacial score (nSPS) is 31.2. The Kier molecular flexibility index (Phi) is 4.54. The van der Waals surface area contributed by atoms with Crippen LogP contribution in [0.2, 0.25) is 0 Å². The molecule has 4 heteroatoms. The van der Waals surface area contributed by atoms with Crippen LogP contribution in [0.5, 0.6) is 0 Å². The van der Waals surface area contributed by atoms with E-state index in [1.165, 1.54) is 0 Å². The van der Waals surface area contributed by atoms with E-state index < -0.39 is 8.60 Å². The van der Waals surface area contributed by atoms with Crippen LogP contribution in [0, 0.1) is 11.3 Å². The lowest BCUT2D eigenvalue weighted by molar-refractivity contribution is -0.0589. The molecule has 0 N–H and O–H groups in total. The first-order chi connectivity index (χ1) is 6.83. The van der Waals surface area contributed by atoms with Crippen LogP contribution in [0.25, 0.3) is 0 Å². The zero-order valence-electron chi connectivity index (χ0n) is 10.6. The van der Waals surface area contributed by atoms with Crippen LogP contribution in [0.15, 0.2) is 0 Å². The monoisotopic (exact) mass is 234 g/mol. The van der Waals surface area contributed by atoms with Crippen molar-refractivity contribution < 1.29 is 13.6 Å². The van der Waals surface area contributed by atoms with Gasteiger partial charge in [-0.2, -0.15) is 0 Å². The summed E-state index contributed by atoms with van der Waals surface area (Å²) < 4.78 is 17.1. The molecule has 0 spiro atoms. The second kappa shape index (κ2) is 5.09. The molecule has 1 saturated heterocycles. The van der Waals surface area contributed by atoms with E-state index >= 15 is 0 Å². The predicted octanol–water partition coefficient (Wildman–Crippen LogP) is 3.74. The highest BCUT2D eigenvalue weighted by Crippen LogP contribution is 2.52. The molecule has 2 atom stereocenters. The molecule has 90 valence electrons. The van der Waals surface area contributed by atoms with Crippen LogP contribution in [-0.2, 0) is 13.6 Å². The molecule has 1 heterocycles. The van der Waals surface area contributed by atoms with Crippen molar-refractivity contribution in [1.29, 1.82) is 0 Å². The molecule has 1 aliphatic rings. The van der Waals surface area contributed by atoms with Crippen molar-refractivity contribution in [2.45, 2.75) is 53.8 Å². The minimum atomic E-state index is -1.14. The Bertz CT molecular complexity index is 204. The summed E-state index contributed by atoms with van der Waals surface area (Å²) in [6.07, 6.45) is 0.376. The van der Waals surface area contributed by atoms with Crippen molar-refractivity contribution in [2.24, 2.45) is 11.3 Å². The van der Waals surface area contributed by atoms with Crippen molar-refractivity contribution in [3.05, 3.63) is 0 Å². The van der Waals surface area contributed by atoms with Crippen LogP contribution in [0.3, 0.4) is 0 Å². The molecule has 0 aromatic heterocycles. The smallest absolute Gasteiger partial charge is 0.312 e. The van der Waals surface area contributed by atoms with E-state index in [1.54, 1.807) is 0 Å². The van der Waals surface area contributed by atoms with Crippen molar-refractivity contribution in [3.8, 4) is 0 Å². The molecular weight excluding hydrogens is 211 g/mol. The maximum Gasteiger partial charge on any atom is 0.333 e. The van der Waals surface area contributed by atoms with Gasteiger partial charge in [-0.15, -0.1) is 0 Å². The molecule has 0 aromatic rings. The highest BCUT2D eigenvalue weighted by Gasteiger charge is 2.41. The Hall–Kier alpha value is 0.310. The maximum absolute atomic E-state index is 5.89. The van der Waals surface area contributed by atoms with Gasteiger partial charge in [-0.25, -0.2) is 0 Å².